The fourth-order valence-electron chi connectivity index (χ4n) is 2.38. The number of benzene rings is 2. The fraction of sp³-hybridized carbons (Fsp3) is 0.200. The van der Waals surface area contributed by atoms with Crippen molar-refractivity contribution in [2.75, 3.05) is 0 Å². The largest absolute Gasteiger partial charge is 0.271 e. The molecule has 1 atom stereocenters. The molecule has 106 valence electrons. The maximum Gasteiger partial charge on any atom is 0.128 e. The second-order valence-electron chi connectivity index (χ2n) is 4.78. The summed E-state index contributed by atoms with van der Waals surface area (Å²) in [4.78, 5) is 0. The van der Waals surface area contributed by atoms with Crippen LogP contribution in [0.25, 0.3) is 0 Å². The first kappa shape index (κ1) is 14.6. The van der Waals surface area contributed by atoms with Gasteiger partial charge in [-0.15, -0.1) is 0 Å². The molecule has 0 aliphatic heterocycles. The topological polar surface area (TPSA) is 38.0 Å². The van der Waals surface area contributed by atoms with Gasteiger partial charge in [0.25, 0.3) is 0 Å². The van der Waals surface area contributed by atoms with Crippen molar-refractivity contribution in [3.63, 3.8) is 0 Å². The first-order chi connectivity index (χ1) is 9.42. The quantitative estimate of drug-likeness (QED) is 0.669. The van der Waals surface area contributed by atoms with Gasteiger partial charge in [-0.05, 0) is 48.7 Å². The standard InChI is InChI=1S/C15H15F3N2/c1-8-3-9(2)14(13(18)4-8)15(20-19)10-5-11(16)7-12(17)6-10/h3-7,15,20H,19H2,1-2H3. The van der Waals surface area contributed by atoms with Crippen molar-refractivity contribution < 1.29 is 13.2 Å². The summed E-state index contributed by atoms with van der Waals surface area (Å²) in [5.41, 5.74) is 4.36. The molecule has 2 aromatic carbocycles. The van der Waals surface area contributed by atoms with Crippen molar-refractivity contribution in [3.8, 4) is 0 Å². The van der Waals surface area contributed by atoms with E-state index in [0.29, 0.717) is 5.56 Å². The Morgan fingerprint density at radius 3 is 2.05 bits per heavy atom. The van der Waals surface area contributed by atoms with Crippen LogP contribution >= 0.6 is 0 Å². The van der Waals surface area contributed by atoms with E-state index < -0.39 is 23.5 Å². The molecule has 2 aromatic rings. The lowest BCUT2D eigenvalue weighted by Crippen LogP contribution is -2.30. The Labute approximate surface area is 115 Å². The summed E-state index contributed by atoms with van der Waals surface area (Å²) >= 11 is 0. The average Bonchev–Trinajstić information content (AvgIpc) is 2.32. The van der Waals surface area contributed by atoms with Gasteiger partial charge in [-0.1, -0.05) is 6.07 Å². The molecule has 2 rings (SSSR count). The summed E-state index contributed by atoms with van der Waals surface area (Å²) in [5, 5.41) is 0. The first-order valence-corrected chi connectivity index (χ1v) is 6.11. The van der Waals surface area contributed by atoms with Gasteiger partial charge in [-0.2, -0.15) is 0 Å². The minimum absolute atomic E-state index is 0.232. The van der Waals surface area contributed by atoms with Crippen molar-refractivity contribution in [3.05, 3.63) is 70.0 Å². The molecule has 1 unspecified atom stereocenters. The van der Waals surface area contributed by atoms with E-state index >= 15 is 0 Å². The summed E-state index contributed by atoms with van der Waals surface area (Å²) in [6.07, 6.45) is 0. The number of nitrogens with two attached hydrogens (primary N) is 1. The highest BCUT2D eigenvalue weighted by Crippen LogP contribution is 2.28. The summed E-state index contributed by atoms with van der Waals surface area (Å²) in [5.74, 6) is 3.53. The van der Waals surface area contributed by atoms with E-state index in [1.807, 2.05) is 0 Å². The lowest BCUT2D eigenvalue weighted by Gasteiger charge is -2.20. The fourth-order valence-corrected chi connectivity index (χ4v) is 2.38. The van der Waals surface area contributed by atoms with Crippen LogP contribution in [0, 0.1) is 31.3 Å². The molecular formula is C15H15F3N2. The zero-order chi connectivity index (χ0) is 14.9. The molecule has 5 heteroatoms. The average molecular weight is 280 g/mol. The maximum atomic E-state index is 14.2. The Kier molecular flexibility index (Phi) is 4.11. The Balaban J connectivity index is 2.58. The van der Waals surface area contributed by atoms with Crippen LogP contribution in [0.5, 0.6) is 0 Å². The predicted molar refractivity (Wildman–Crippen MR) is 71.4 cm³/mol. The monoisotopic (exact) mass is 280 g/mol. The van der Waals surface area contributed by atoms with Crippen molar-refractivity contribution in [2.45, 2.75) is 19.9 Å². The second kappa shape index (κ2) is 5.64. The van der Waals surface area contributed by atoms with E-state index in [1.54, 1.807) is 19.9 Å². The molecule has 0 aliphatic carbocycles. The number of hydrazine groups is 1. The molecule has 0 fully saturated rings. The van der Waals surface area contributed by atoms with E-state index in [4.69, 9.17) is 5.84 Å². The van der Waals surface area contributed by atoms with Crippen LogP contribution in [0.4, 0.5) is 13.2 Å². The molecule has 0 amide bonds. The van der Waals surface area contributed by atoms with E-state index in [0.717, 1.165) is 23.8 Å². The summed E-state index contributed by atoms with van der Waals surface area (Å²) in [7, 11) is 0. The van der Waals surface area contributed by atoms with E-state index in [1.165, 1.54) is 6.07 Å². The molecule has 0 bridgehead atoms. The van der Waals surface area contributed by atoms with E-state index in [9.17, 15) is 13.2 Å². The SMILES string of the molecule is Cc1cc(C)c(C(NN)c2cc(F)cc(F)c2)c(F)c1. The van der Waals surface area contributed by atoms with Gasteiger partial charge >= 0.3 is 0 Å². The van der Waals surface area contributed by atoms with Crippen LogP contribution in [0.15, 0.2) is 30.3 Å². The summed E-state index contributed by atoms with van der Waals surface area (Å²) in [6, 6.07) is 5.36. The highest BCUT2D eigenvalue weighted by Gasteiger charge is 2.20. The molecule has 0 spiro atoms. The molecule has 0 saturated carbocycles. The van der Waals surface area contributed by atoms with Crippen molar-refractivity contribution in [1.29, 1.82) is 0 Å². The molecule has 0 radical (unpaired) electrons. The Morgan fingerprint density at radius 1 is 0.950 bits per heavy atom. The number of hydrogen-bond acceptors (Lipinski definition) is 2. The van der Waals surface area contributed by atoms with Crippen LogP contribution in [-0.4, -0.2) is 0 Å². The van der Waals surface area contributed by atoms with Crippen molar-refractivity contribution in [2.24, 2.45) is 5.84 Å². The Hall–Kier alpha value is -1.85. The summed E-state index contributed by atoms with van der Waals surface area (Å²) < 4.78 is 40.8. The molecule has 0 saturated heterocycles. The molecule has 3 N–H and O–H groups in total. The van der Waals surface area contributed by atoms with Gasteiger partial charge in [0.05, 0.1) is 6.04 Å². The summed E-state index contributed by atoms with van der Waals surface area (Å²) in [6.45, 7) is 3.50. The number of aryl methyl sites for hydroxylation is 2. The van der Waals surface area contributed by atoms with Gasteiger partial charge < -0.3 is 0 Å². The van der Waals surface area contributed by atoms with Gasteiger partial charge in [0, 0.05) is 11.6 Å². The zero-order valence-electron chi connectivity index (χ0n) is 11.2. The lowest BCUT2D eigenvalue weighted by atomic mass is 9.93. The van der Waals surface area contributed by atoms with Gasteiger partial charge in [0.2, 0.25) is 0 Å². The molecule has 20 heavy (non-hydrogen) atoms. The molecule has 2 nitrogen and oxygen atoms in total. The third-order valence-electron chi connectivity index (χ3n) is 3.15. The van der Waals surface area contributed by atoms with E-state index in [2.05, 4.69) is 5.43 Å². The van der Waals surface area contributed by atoms with Gasteiger partial charge in [-0.3, -0.25) is 5.84 Å². The van der Waals surface area contributed by atoms with Crippen LogP contribution in [0.2, 0.25) is 0 Å². The highest BCUT2D eigenvalue weighted by atomic mass is 19.1. The zero-order valence-corrected chi connectivity index (χ0v) is 11.2. The van der Waals surface area contributed by atoms with Crippen LogP contribution in [-0.2, 0) is 0 Å². The van der Waals surface area contributed by atoms with Gasteiger partial charge in [0.1, 0.15) is 17.5 Å². The minimum atomic E-state index is -0.819. The maximum absolute atomic E-state index is 14.2. The Morgan fingerprint density at radius 2 is 1.55 bits per heavy atom. The normalized spacial score (nSPS) is 12.5. The first-order valence-electron chi connectivity index (χ1n) is 6.11. The van der Waals surface area contributed by atoms with E-state index in [-0.39, 0.29) is 11.1 Å². The molecule has 0 heterocycles. The molecule has 0 aliphatic rings. The number of rotatable bonds is 3. The number of halogens is 3. The third kappa shape index (κ3) is 2.84. The van der Waals surface area contributed by atoms with Crippen LogP contribution in [0.3, 0.4) is 0 Å². The van der Waals surface area contributed by atoms with Crippen LogP contribution in [0.1, 0.15) is 28.3 Å². The minimum Gasteiger partial charge on any atom is -0.271 e. The van der Waals surface area contributed by atoms with Crippen molar-refractivity contribution in [1.82, 2.24) is 5.43 Å². The Bertz CT molecular complexity index is 598. The molecule has 0 aromatic heterocycles. The van der Waals surface area contributed by atoms with Crippen molar-refractivity contribution >= 4 is 0 Å². The molecular weight excluding hydrogens is 265 g/mol. The number of hydrogen-bond donors (Lipinski definition) is 2. The highest BCUT2D eigenvalue weighted by molar-refractivity contribution is 5.40. The smallest absolute Gasteiger partial charge is 0.128 e. The second-order valence-corrected chi connectivity index (χ2v) is 4.78. The lowest BCUT2D eigenvalue weighted by molar-refractivity contribution is 0.541. The van der Waals surface area contributed by atoms with Gasteiger partial charge in [0.15, 0.2) is 0 Å². The van der Waals surface area contributed by atoms with Gasteiger partial charge in [-0.25, -0.2) is 18.6 Å². The predicted octanol–water partition coefficient (Wildman–Crippen LogP) is 3.27. The number of nitrogens with one attached hydrogen (secondary N) is 1. The van der Waals surface area contributed by atoms with Crippen LogP contribution < -0.4 is 11.3 Å². The third-order valence-corrected chi connectivity index (χ3v) is 3.15.